The van der Waals surface area contributed by atoms with Crippen LogP contribution in [0.25, 0.3) is 0 Å². The van der Waals surface area contributed by atoms with E-state index >= 15 is 0 Å². The first-order valence-corrected chi connectivity index (χ1v) is 6.93. The van der Waals surface area contributed by atoms with Crippen LogP contribution in [-0.2, 0) is 6.42 Å². The summed E-state index contributed by atoms with van der Waals surface area (Å²) in [6, 6.07) is 12.7. The van der Waals surface area contributed by atoms with Crippen LogP contribution in [0.3, 0.4) is 0 Å². The molecule has 0 aliphatic carbocycles. The predicted molar refractivity (Wildman–Crippen MR) is 81.7 cm³/mol. The lowest BCUT2D eigenvalue weighted by Gasteiger charge is -2.09. The lowest BCUT2D eigenvalue weighted by Crippen LogP contribution is -2.05. The molecule has 20 heavy (non-hydrogen) atoms. The highest BCUT2D eigenvalue weighted by molar-refractivity contribution is 9.10. The zero-order chi connectivity index (χ0) is 14.5. The summed E-state index contributed by atoms with van der Waals surface area (Å²) in [5, 5.41) is 0. The van der Waals surface area contributed by atoms with Gasteiger partial charge in [0.15, 0.2) is 5.78 Å². The summed E-state index contributed by atoms with van der Waals surface area (Å²) in [6.45, 7) is 0. The van der Waals surface area contributed by atoms with Crippen LogP contribution in [0.4, 0.5) is 0 Å². The smallest absolute Gasteiger partial charge is 0.167 e. The number of halogens is 1. The van der Waals surface area contributed by atoms with Crippen LogP contribution in [-0.4, -0.2) is 20.0 Å². The van der Waals surface area contributed by atoms with Crippen LogP contribution in [0.1, 0.15) is 15.9 Å². The van der Waals surface area contributed by atoms with E-state index in [9.17, 15) is 4.79 Å². The minimum absolute atomic E-state index is 0.0454. The van der Waals surface area contributed by atoms with Gasteiger partial charge in [0.1, 0.15) is 11.5 Å². The molecule has 0 saturated heterocycles. The monoisotopic (exact) mass is 334 g/mol. The van der Waals surface area contributed by atoms with Gasteiger partial charge >= 0.3 is 0 Å². The van der Waals surface area contributed by atoms with Gasteiger partial charge in [-0.15, -0.1) is 0 Å². The van der Waals surface area contributed by atoms with E-state index in [-0.39, 0.29) is 5.78 Å². The van der Waals surface area contributed by atoms with Crippen molar-refractivity contribution in [2.45, 2.75) is 6.42 Å². The lowest BCUT2D eigenvalue weighted by molar-refractivity contribution is 0.0992. The number of hydrogen-bond acceptors (Lipinski definition) is 3. The number of carbonyl (C=O) groups excluding carboxylic acids is 1. The lowest BCUT2D eigenvalue weighted by atomic mass is 10.0. The van der Waals surface area contributed by atoms with Crippen molar-refractivity contribution >= 4 is 21.7 Å². The molecule has 0 saturated carbocycles. The number of carbonyl (C=O) groups is 1. The summed E-state index contributed by atoms with van der Waals surface area (Å²) >= 11 is 3.41. The normalized spacial score (nSPS) is 10.2. The molecule has 0 aliphatic rings. The second-order valence-electron chi connectivity index (χ2n) is 4.28. The van der Waals surface area contributed by atoms with Crippen molar-refractivity contribution in [1.29, 1.82) is 0 Å². The van der Waals surface area contributed by atoms with E-state index in [1.165, 1.54) is 0 Å². The average Bonchev–Trinajstić information content (AvgIpc) is 2.47. The van der Waals surface area contributed by atoms with Gasteiger partial charge in [0.2, 0.25) is 0 Å². The molecule has 0 amide bonds. The number of ketones is 1. The minimum atomic E-state index is 0.0454. The Balaban J connectivity index is 2.20. The van der Waals surface area contributed by atoms with Crippen LogP contribution in [0.2, 0.25) is 0 Å². The van der Waals surface area contributed by atoms with Gasteiger partial charge in [-0.1, -0.05) is 15.9 Å². The molecule has 0 bridgehead atoms. The van der Waals surface area contributed by atoms with E-state index in [1.54, 1.807) is 38.5 Å². The Morgan fingerprint density at radius 3 is 2.35 bits per heavy atom. The number of Topliss-reactive ketones (excluding diaryl/α,β-unsaturated/α-hetero) is 1. The second kappa shape index (κ2) is 6.57. The highest BCUT2D eigenvalue weighted by atomic mass is 79.9. The fourth-order valence-electron chi connectivity index (χ4n) is 1.94. The van der Waals surface area contributed by atoms with Crippen molar-refractivity contribution in [1.82, 2.24) is 0 Å². The molecule has 3 nitrogen and oxygen atoms in total. The highest BCUT2D eigenvalue weighted by Gasteiger charge is 2.11. The third-order valence-electron chi connectivity index (χ3n) is 3.01. The van der Waals surface area contributed by atoms with Crippen LogP contribution in [0.5, 0.6) is 11.5 Å². The molecule has 0 aliphatic heterocycles. The van der Waals surface area contributed by atoms with Crippen molar-refractivity contribution in [2.75, 3.05) is 14.2 Å². The number of rotatable bonds is 5. The van der Waals surface area contributed by atoms with Crippen molar-refractivity contribution < 1.29 is 14.3 Å². The summed E-state index contributed by atoms with van der Waals surface area (Å²) < 4.78 is 11.3. The van der Waals surface area contributed by atoms with Gasteiger partial charge in [0, 0.05) is 22.0 Å². The minimum Gasteiger partial charge on any atom is -0.497 e. The van der Waals surface area contributed by atoms with Crippen LogP contribution in [0, 0.1) is 0 Å². The van der Waals surface area contributed by atoms with E-state index < -0.39 is 0 Å². The van der Waals surface area contributed by atoms with Crippen molar-refractivity contribution in [2.24, 2.45) is 0 Å². The third kappa shape index (κ3) is 3.39. The van der Waals surface area contributed by atoms with Gasteiger partial charge < -0.3 is 9.47 Å². The summed E-state index contributed by atoms with van der Waals surface area (Å²) in [4.78, 5) is 12.3. The molecular formula is C16H15BrO3. The van der Waals surface area contributed by atoms with E-state index in [4.69, 9.17) is 9.47 Å². The van der Waals surface area contributed by atoms with Crippen LogP contribution >= 0.6 is 15.9 Å². The summed E-state index contributed by atoms with van der Waals surface area (Å²) in [5.41, 5.74) is 1.52. The Bertz CT molecular complexity index is 606. The molecule has 2 aromatic carbocycles. The maximum atomic E-state index is 12.3. The van der Waals surface area contributed by atoms with E-state index in [0.717, 1.165) is 21.5 Å². The SMILES string of the molecule is COc1ccc(C(=O)Cc2cc(Br)ccc2OC)cc1. The van der Waals surface area contributed by atoms with Crippen molar-refractivity contribution in [3.05, 3.63) is 58.1 Å². The third-order valence-corrected chi connectivity index (χ3v) is 3.50. The van der Waals surface area contributed by atoms with Gasteiger partial charge in [-0.25, -0.2) is 0 Å². The molecule has 0 N–H and O–H groups in total. The predicted octanol–water partition coefficient (Wildman–Crippen LogP) is 3.89. The number of hydrogen-bond donors (Lipinski definition) is 0. The molecule has 0 atom stereocenters. The first kappa shape index (κ1) is 14.6. The molecule has 0 radical (unpaired) electrons. The number of ether oxygens (including phenoxy) is 2. The molecule has 0 fully saturated rings. The first-order valence-electron chi connectivity index (χ1n) is 6.13. The topological polar surface area (TPSA) is 35.5 Å². The standard InChI is InChI=1S/C16H15BrO3/c1-19-14-6-3-11(4-7-14)15(18)10-12-9-13(17)5-8-16(12)20-2/h3-9H,10H2,1-2H3. The van der Waals surface area contributed by atoms with Gasteiger partial charge in [-0.3, -0.25) is 4.79 Å². The van der Waals surface area contributed by atoms with Gasteiger partial charge in [0.25, 0.3) is 0 Å². The van der Waals surface area contributed by atoms with E-state index in [2.05, 4.69) is 15.9 Å². The Labute approximate surface area is 126 Å². The van der Waals surface area contributed by atoms with Crippen LogP contribution in [0.15, 0.2) is 46.9 Å². The summed E-state index contributed by atoms with van der Waals surface area (Å²) in [7, 11) is 3.20. The number of methoxy groups -OCH3 is 2. The Morgan fingerprint density at radius 1 is 1.05 bits per heavy atom. The average molecular weight is 335 g/mol. The molecule has 0 heterocycles. The zero-order valence-electron chi connectivity index (χ0n) is 11.4. The molecule has 0 aromatic heterocycles. The summed E-state index contributed by atoms with van der Waals surface area (Å²) in [5.74, 6) is 1.50. The van der Waals surface area contributed by atoms with Crippen LogP contribution < -0.4 is 9.47 Å². The van der Waals surface area contributed by atoms with Gasteiger partial charge in [-0.05, 0) is 42.5 Å². The van der Waals surface area contributed by atoms with E-state index in [1.807, 2.05) is 18.2 Å². The molecule has 4 heteroatoms. The largest absolute Gasteiger partial charge is 0.497 e. The molecule has 0 unspecified atom stereocenters. The molecule has 2 aromatic rings. The maximum absolute atomic E-state index is 12.3. The van der Waals surface area contributed by atoms with E-state index in [0.29, 0.717) is 12.0 Å². The van der Waals surface area contributed by atoms with Crippen molar-refractivity contribution in [3.8, 4) is 11.5 Å². The zero-order valence-corrected chi connectivity index (χ0v) is 12.9. The van der Waals surface area contributed by atoms with Crippen molar-refractivity contribution in [3.63, 3.8) is 0 Å². The number of benzene rings is 2. The summed E-state index contributed by atoms with van der Waals surface area (Å²) in [6.07, 6.45) is 0.301. The molecule has 2 rings (SSSR count). The Morgan fingerprint density at radius 2 is 1.75 bits per heavy atom. The fraction of sp³-hybridized carbons (Fsp3) is 0.188. The maximum Gasteiger partial charge on any atom is 0.167 e. The molecule has 0 spiro atoms. The molecule has 104 valence electrons. The fourth-order valence-corrected chi connectivity index (χ4v) is 2.35. The van der Waals surface area contributed by atoms with Gasteiger partial charge in [-0.2, -0.15) is 0 Å². The Kier molecular flexibility index (Phi) is 4.79. The molecular weight excluding hydrogens is 320 g/mol. The van der Waals surface area contributed by atoms with Gasteiger partial charge in [0.05, 0.1) is 14.2 Å². The second-order valence-corrected chi connectivity index (χ2v) is 5.20. The quantitative estimate of drug-likeness (QED) is 0.778. The first-order chi connectivity index (χ1) is 9.63. The highest BCUT2D eigenvalue weighted by Crippen LogP contribution is 2.24. The Hall–Kier alpha value is -1.81.